The molecule has 1 unspecified atom stereocenters. The molecule has 17 heavy (non-hydrogen) atoms. The number of nitrogens with one attached hydrogen (secondary N) is 1. The second-order valence-corrected chi connectivity index (χ2v) is 4.57. The Hall–Kier alpha value is -1.62. The molecule has 0 radical (unpaired) electrons. The third-order valence-corrected chi connectivity index (χ3v) is 2.91. The molecule has 2 rings (SSSR count). The fraction of sp³-hybridized carbons (Fsp3) is 0.500. The molecule has 1 aliphatic rings. The van der Waals surface area contributed by atoms with Gasteiger partial charge in [-0.1, -0.05) is 0 Å². The van der Waals surface area contributed by atoms with E-state index in [1.807, 2.05) is 13.0 Å². The molecular weight excluding hydrogens is 216 g/mol. The number of hydrogen-bond donors (Lipinski definition) is 3. The van der Waals surface area contributed by atoms with Gasteiger partial charge in [0, 0.05) is 18.3 Å². The molecule has 0 bridgehead atoms. The van der Waals surface area contributed by atoms with E-state index in [-0.39, 0.29) is 6.04 Å². The third-order valence-electron chi connectivity index (χ3n) is 2.91. The number of carbonyl (C=O) groups is 1. The van der Waals surface area contributed by atoms with Crippen LogP contribution in [0.1, 0.15) is 35.0 Å². The maximum Gasteiger partial charge on any atom is 0.252 e. The zero-order chi connectivity index (χ0) is 12.4. The summed E-state index contributed by atoms with van der Waals surface area (Å²) < 4.78 is 0. The van der Waals surface area contributed by atoms with E-state index in [2.05, 4.69) is 10.3 Å². The molecule has 1 amide bonds. The number of aromatic nitrogens is 1. The van der Waals surface area contributed by atoms with Crippen molar-refractivity contribution in [3.63, 3.8) is 0 Å². The average molecular weight is 234 g/mol. The van der Waals surface area contributed by atoms with Gasteiger partial charge in [0.05, 0.1) is 5.56 Å². The van der Waals surface area contributed by atoms with Gasteiger partial charge in [-0.25, -0.2) is 4.98 Å². The molecule has 5 heteroatoms. The van der Waals surface area contributed by atoms with E-state index in [0.717, 1.165) is 30.5 Å². The first kappa shape index (κ1) is 11.9. The van der Waals surface area contributed by atoms with Crippen molar-refractivity contribution in [1.82, 2.24) is 4.98 Å². The van der Waals surface area contributed by atoms with E-state index < -0.39 is 5.91 Å². The quantitative estimate of drug-likeness (QED) is 0.704. The highest BCUT2D eigenvalue weighted by molar-refractivity contribution is 5.97. The van der Waals surface area contributed by atoms with E-state index in [1.54, 1.807) is 0 Å². The fourth-order valence-electron chi connectivity index (χ4n) is 2.05. The lowest BCUT2D eigenvalue weighted by atomic mass is 10.1. The number of nitrogens with zero attached hydrogens (tertiary/aromatic N) is 1. The standard InChI is InChI=1S/C12H18N4O/c1-7(13)6-15-12-9(11(14)17)5-8-3-2-4-10(8)16-12/h5,7H,2-4,6,13H2,1H3,(H2,14,17)(H,15,16). The Morgan fingerprint density at radius 2 is 2.35 bits per heavy atom. The van der Waals surface area contributed by atoms with Crippen molar-refractivity contribution in [3.8, 4) is 0 Å². The molecule has 5 N–H and O–H groups in total. The topological polar surface area (TPSA) is 94.0 Å². The number of primary amides is 1. The first-order chi connectivity index (χ1) is 8.08. The van der Waals surface area contributed by atoms with Gasteiger partial charge in [0.1, 0.15) is 5.82 Å². The summed E-state index contributed by atoms with van der Waals surface area (Å²) in [6.45, 7) is 2.47. The predicted octanol–water partition coefficient (Wildman–Crippen LogP) is 0.428. The van der Waals surface area contributed by atoms with Gasteiger partial charge < -0.3 is 16.8 Å². The lowest BCUT2D eigenvalue weighted by Crippen LogP contribution is -2.27. The smallest absolute Gasteiger partial charge is 0.252 e. The summed E-state index contributed by atoms with van der Waals surface area (Å²) in [7, 11) is 0. The van der Waals surface area contributed by atoms with Crippen LogP contribution in [0.25, 0.3) is 0 Å². The number of anilines is 1. The first-order valence-electron chi connectivity index (χ1n) is 5.90. The van der Waals surface area contributed by atoms with Crippen LogP contribution in [-0.4, -0.2) is 23.5 Å². The minimum absolute atomic E-state index is 0.00535. The number of pyridine rings is 1. The number of rotatable bonds is 4. The van der Waals surface area contributed by atoms with Gasteiger partial charge in [-0.05, 0) is 37.8 Å². The summed E-state index contributed by atoms with van der Waals surface area (Å²) in [5.41, 5.74) is 13.7. The molecule has 0 aromatic carbocycles. The second kappa shape index (κ2) is 4.71. The van der Waals surface area contributed by atoms with Crippen molar-refractivity contribution in [3.05, 3.63) is 22.9 Å². The predicted molar refractivity (Wildman–Crippen MR) is 66.9 cm³/mol. The molecule has 0 spiro atoms. The molecule has 1 aliphatic carbocycles. The summed E-state index contributed by atoms with van der Waals surface area (Å²) >= 11 is 0. The number of aryl methyl sites for hydroxylation is 2. The van der Waals surface area contributed by atoms with E-state index in [0.29, 0.717) is 17.9 Å². The highest BCUT2D eigenvalue weighted by atomic mass is 16.1. The van der Waals surface area contributed by atoms with Crippen LogP contribution >= 0.6 is 0 Å². The van der Waals surface area contributed by atoms with Crippen LogP contribution in [0, 0.1) is 0 Å². The molecule has 1 atom stereocenters. The number of amides is 1. The summed E-state index contributed by atoms with van der Waals surface area (Å²) in [6.07, 6.45) is 3.05. The van der Waals surface area contributed by atoms with E-state index in [9.17, 15) is 4.79 Å². The number of hydrogen-bond acceptors (Lipinski definition) is 4. The van der Waals surface area contributed by atoms with Gasteiger partial charge >= 0.3 is 0 Å². The van der Waals surface area contributed by atoms with Crippen LogP contribution in [-0.2, 0) is 12.8 Å². The molecule has 1 heterocycles. The molecule has 0 aliphatic heterocycles. The van der Waals surface area contributed by atoms with Crippen molar-refractivity contribution in [2.75, 3.05) is 11.9 Å². The zero-order valence-corrected chi connectivity index (χ0v) is 9.99. The molecule has 5 nitrogen and oxygen atoms in total. The molecule has 1 aromatic heterocycles. The number of fused-ring (bicyclic) bond motifs is 1. The van der Waals surface area contributed by atoms with Crippen LogP contribution < -0.4 is 16.8 Å². The summed E-state index contributed by atoms with van der Waals surface area (Å²) in [6, 6.07) is 1.87. The lowest BCUT2D eigenvalue weighted by molar-refractivity contribution is 0.100. The molecule has 0 fully saturated rings. The van der Waals surface area contributed by atoms with Gasteiger partial charge in [-0.2, -0.15) is 0 Å². The Balaban J connectivity index is 2.31. The van der Waals surface area contributed by atoms with Crippen molar-refractivity contribution in [2.24, 2.45) is 11.5 Å². The average Bonchev–Trinajstić information content (AvgIpc) is 2.71. The van der Waals surface area contributed by atoms with Crippen LogP contribution in [0.5, 0.6) is 0 Å². The largest absolute Gasteiger partial charge is 0.368 e. The molecule has 1 aromatic rings. The van der Waals surface area contributed by atoms with Gasteiger partial charge in [-0.3, -0.25) is 4.79 Å². The van der Waals surface area contributed by atoms with Gasteiger partial charge in [0.2, 0.25) is 0 Å². The van der Waals surface area contributed by atoms with E-state index in [4.69, 9.17) is 11.5 Å². The Morgan fingerprint density at radius 1 is 1.59 bits per heavy atom. The lowest BCUT2D eigenvalue weighted by Gasteiger charge is -2.13. The normalized spacial score (nSPS) is 15.4. The van der Waals surface area contributed by atoms with Crippen molar-refractivity contribution in [1.29, 1.82) is 0 Å². The first-order valence-corrected chi connectivity index (χ1v) is 5.90. The fourth-order valence-corrected chi connectivity index (χ4v) is 2.05. The Labute approximate surface area is 101 Å². The monoisotopic (exact) mass is 234 g/mol. The van der Waals surface area contributed by atoms with Gasteiger partial charge in [0.15, 0.2) is 0 Å². The molecule has 92 valence electrons. The van der Waals surface area contributed by atoms with Crippen LogP contribution in [0.3, 0.4) is 0 Å². The van der Waals surface area contributed by atoms with Crippen LogP contribution in [0.15, 0.2) is 6.07 Å². The van der Waals surface area contributed by atoms with Gasteiger partial charge in [0.25, 0.3) is 5.91 Å². The van der Waals surface area contributed by atoms with E-state index in [1.165, 1.54) is 0 Å². The van der Waals surface area contributed by atoms with Crippen LogP contribution in [0.2, 0.25) is 0 Å². The second-order valence-electron chi connectivity index (χ2n) is 4.57. The maximum atomic E-state index is 11.4. The minimum Gasteiger partial charge on any atom is -0.368 e. The van der Waals surface area contributed by atoms with Crippen molar-refractivity contribution in [2.45, 2.75) is 32.2 Å². The van der Waals surface area contributed by atoms with Crippen molar-refractivity contribution >= 4 is 11.7 Å². The zero-order valence-electron chi connectivity index (χ0n) is 9.99. The Morgan fingerprint density at radius 3 is 3.00 bits per heavy atom. The summed E-state index contributed by atoms with van der Waals surface area (Å²) in [5.74, 6) is 0.120. The maximum absolute atomic E-state index is 11.4. The molecule has 0 saturated carbocycles. The number of carbonyl (C=O) groups excluding carboxylic acids is 1. The summed E-state index contributed by atoms with van der Waals surface area (Å²) in [4.78, 5) is 15.9. The minimum atomic E-state index is -0.445. The highest BCUT2D eigenvalue weighted by Crippen LogP contribution is 2.25. The van der Waals surface area contributed by atoms with Gasteiger partial charge in [-0.15, -0.1) is 0 Å². The number of nitrogens with two attached hydrogens (primary N) is 2. The van der Waals surface area contributed by atoms with Crippen molar-refractivity contribution < 1.29 is 4.79 Å². The van der Waals surface area contributed by atoms with Crippen LogP contribution in [0.4, 0.5) is 5.82 Å². The third kappa shape index (κ3) is 2.55. The Kier molecular flexibility index (Phi) is 3.28. The molecular formula is C12H18N4O. The highest BCUT2D eigenvalue weighted by Gasteiger charge is 2.18. The summed E-state index contributed by atoms with van der Waals surface area (Å²) in [5, 5.41) is 3.09. The van der Waals surface area contributed by atoms with E-state index >= 15 is 0 Å². The molecule has 0 saturated heterocycles. The Bertz CT molecular complexity index is 442. The SMILES string of the molecule is CC(N)CNc1nc2c(cc1C(N)=O)CCC2.